The summed E-state index contributed by atoms with van der Waals surface area (Å²) in [5, 5.41) is 5.16. The highest BCUT2D eigenvalue weighted by Crippen LogP contribution is 2.24. The van der Waals surface area contributed by atoms with Crippen LogP contribution in [0.25, 0.3) is 0 Å². The van der Waals surface area contributed by atoms with Crippen molar-refractivity contribution in [2.24, 2.45) is 0 Å². The first-order chi connectivity index (χ1) is 10.7. The fraction of sp³-hybridized carbons (Fsp3) is 0.267. The number of benzene rings is 1. The van der Waals surface area contributed by atoms with E-state index in [1.54, 1.807) is 22.5 Å². The normalized spacial score (nSPS) is 17.5. The predicted octanol–water partition coefficient (Wildman–Crippen LogP) is 2.99. The standard InChI is InChI=1S/C15H14IN3O2S/c16-11-5-2-1-4-10(11)14(21)19-8-3-6-12(19)13(20)18-15-17-7-9-22-15/h1-2,4-5,7,9,12H,3,6,8H2,(H,17,18,20). The van der Waals surface area contributed by atoms with Crippen molar-refractivity contribution >= 4 is 50.9 Å². The molecule has 2 heterocycles. The first-order valence-electron chi connectivity index (χ1n) is 6.92. The Labute approximate surface area is 145 Å². The van der Waals surface area contributed by atoms with Crippen LogP contribution in [0.15, 0.2) is 35.8 Å². The predicted molar refractivity (Wildman–Crippen MR) is 94.0 cm³/mol. The average molecular weight is 427 g/mol. The van der Waals surface area contributed by atoms with Crippen molar-refractivity contribution in [1.82, 2.24) is 9.88 Å². The molecule has 0 saturated carbocycles. The highest BCUT2D eigenvalue weighted by Gasteiger charge is 2.35. The molecule has 0 spiro atoms. The fourth-order valence-electron chi connectivity index (χ4n) is 2.55. The molecule has 1 N–H and O–H groups in total. The van der Waals surface area contributed by atoms with Crippen molar-refractivity contribution in [1.29, 1.82) is 0 Å². The largest absolute Gasteiger partial charge is 0.327 e. The Morgan fingerprint density at radius 1 is 1.36 bits per heavy atom. The highest BCUT2D eigenvalue weighted by atomic mass is 127. The van der Waals surface area contributed by atoms with E-state index in [0.717, 1.165) is 9.99 Å². The molecule has 3 rings (SSSR count). The van der Waals surface area contributed by atoms with Gasteiger partial charge >= 0.3 is 0 Å². The molecule has 2 amide bonds. The molecule has 1 aromatic carbocycles. The van der Waals surface area contributed by atoms with E-state index in [-0.39, 0.29) is 11.8 Å². The molecule has 0 radical (unpaired) electrons. The molecule has 0 bridgehead atoms. The number of halogens is 1. The Balaban J connectivity index is 1.77. The Morgan fingerprint density at radius 3 is 2.91 bits per heavy atom. The molecule has 1 aliphatic rings. The lowest BCUT2D eigenvalue weighted by Crippen LogP contribution is -2.43. The van der Waals surface area contributed by atoms with Gasteiger partial charge in [0.15, 0.2) is 5.13 Å². The third kappa shape index (κ3) is 3.14. The van der Waals surface area contributed by atoms with Crippen LogP contribution >= 0.6 is 33.9 Å². The second kappa shape index (κ2) is 6.74. The Hall–Kier alpha value is -1.48. The number of thiazole rings is 1. The van der Waals surface area contributed by atoms with Gasteiger partial charge in [-0.3, -0.25) is 9.59 Å². The van der Waals surface area contributed by atoms with Gasteiger partial charge in [0, 0.05) is 21.7 Å². The van der Waals surface area contributed by atoms with Crippen LogP contribution in [-0.2, 0) is 4.79 Å². The molecule has 0 aliphatic carbocycles. The van der Waals surface area contributed by atoms with Crippen molar-refractivity contribution in [3.05, 3.63) is 45.0 Å². The number of likely N-dealkylation sites (tertiary alicyclic amines) is 1. The Kier molecular flexibility index (Phi) is 4.72. The van der Waals surface area contributed by atoms with Crippen LogP contribution in [0, 0.1) is 3.57 Å². The fourth-order valence-corrected chi connectivity index (χ4v) is 3.70. The number of anilines is 1. The van der Waals surface area contributed by atoms with E-state index in [0.29, 0.717) is 23.7 Å². The Morgan fingerprint density at radius 2 is 2.18 bits per heavy atom. The van der Waals surface area contributed by atoms with Gasteiger partial charge in [-0.05, 0) is 47.6 Å². The van der Waals surface area contributed by atoms with Crippen molar-refractivity contribution in [2.75, 3.05) is 11.9 Å². The minimum atomic E-state index is -0.424. The maximum absolute atomic E-state index is 12.7. The lowest BCUT2D eigenvalue weighted by molar-refractivity contribution is -0.119. The topological polar surface area (TPSA) is 62.3 Å². The summed E-state index contributed by atoms with van der Waals surface area (Å²) in [4.78, 5) is 30.8. The van der Waals surface area contributed by atoms with Crippen LogP contribution in [0.3, 0.4) is 0 Å². The van der Waals surface area contributed by atoms with E-state index >= 15 is 0 Å². The molecular formula is C15H14IN3O2S. The number of nitrogens with zero attached hydrogens (tertiary/aromatic N) is 2. The van der Waals surface area contributed by atoms with Gasteiger partial charge in [-0.1, -0.05) is 12.1 Å². The van der Waals surface area contributed by atoms with Gasteiger partial charge in [0.1, 0.15) is 6.04 Å². The quantitative estimate of drug-likeness (QED) is 0.767. The van der Waals surface area contributed by atoms with Gasteiger partial charge < -0.3 is 10.2 Å². The highest BCUT2D eigenvalue weighted by molar-refractivity contribution is 14.1. The maximum Gasteiger partial charge on any atom is 0.255 e. The smallest absolute Gasteiger partial charge is 0.255 e. The summed E-state index contributed by atoms with van der Waals surface area (Å²) in [7, 11) is 0. The second-order valence-electron chi connectivity index (χ2n) is 4.96. The second-order valence-corrected chi connectivity index (χ2v) is 7.02. The number of carbonyl (C=O) groups is 2. The zero-order valence-corrected chi connectivity index (χ0v) is 14.6. The summed E-state index contributed by atoms with van der Waals surface area (Å²) < 4.78 is 0.899. The molecule has 114 valence electrons. The number of amides is 2. The van der Waals surface area contributed by atoms with E-state index in [1.165, 1.54) is 11.3 Å². The SMILES string of the molecule is O=C(Nc1nccs1)C1CCCN1C(=O)c1ccccc1I. The molecular weight excluding hydrogens is 413 g/mol. The molecule has 1 aliphatic heterocycles. The zero-order valence-electron chi connectivity index (χ0n) is 11.7. The van der Waals surface area contributed by atoms with Crippen molar-refractivity contribution in [3.63, 3.8) is 0 Å². The van der Waals surface area contributed by atoms with E-state index in [9.17, 15) is 9.59 Å². The average Bonchev–Trinajstić information content (AvgIpc) is 3.18. The molecule has 22 heavy (non-hydrogen) atoms. The van der Waals surface area contributed by atoms with Crippen LogP contribution in [0.5, 0.6) is 0 Å². The lowest BCUT2D eigenvalue weighted by atomic mass is 10.1. The van der Waals surface area contributed by atoms with Gasteiger partial charge in [-0.15, -0.1) is 11.3 Å². The minimum Gasteiger partial charge on any atom is -0.327 e. The molecule has 7 heteroatoms. The van der Waals surface area contributed by atoms with Crippen LogP contribution in [0.4, 0.5) is 5.13 Å². The van der Waals surface area contributed by atoms with Gasteiger partial charge in [-0.2, -0.15) is 0 Å². The zero-order chi connectivity index (χ0) is 15.5. The maximum atomic E-state index is 12.7. The number of hydrogen-bond acceptors (Lipinski definition) is 4. The molecule has 1 saturated heterocycles. The summed E-state index contributed by atoms with van der Waals surface area (Å²) in [6.07, 6.45) is 3.17. The van der Waals surface area contributed by atoms with Crippen LogP contribution in [-0.4, -0.2) is 34.3 Å². The van der Waals surface area contributed by atoms with Crippen LogP contribution < -0.4 is 5.32 Å². The summed E-state index contributed by atoms with van der Waals surface area (Å²) in [6, 6.07) is 7.02. The van der Waals surface area contributed by atoms with Crippen molar-refractivity contribution in [3.8, 4) is 0 Å². The number of nitrogens with one attached hydrogen (secondary N) is 1. The van der Waals surface area contributed by atoms with E-state index in [1.807, 2.05) is 18.2 Å². The molecule has 1 aromatic heterocycles. The number of rotatable bonds is 3. The van der Waals surface area contributed by atoms with Crippen LogP contribution in [0.1, 0.15) is 23.2 Å². The van der Waals surface area contributed by atoms with Crippen molar-refractivity contribution < 1.29 is 9.59 Å². The first-order valence-corrected chi connectivity index (χ1v) is 8.88. The number of aromatic nitrogens is 1. The molecule has 5 nitrogen and oxygen atoms in total. The van der Waals surface area contributed by atoms with Crippen LogP contribution in [0.2, 0.25) is 0 Å². The van der Waals surface area contributed by atoms with Gasteiger partial charge in [0.2, 0.25) is 5.91 Å². The monoisotopic (exact) mass is 427 g/mol. The molecule has 1 atom stereocenters. The molecule has 2 aromatic rings. The summed E-state index contributed by atoms with van der Waals surface area (Å²) >= 11 is 3.52. The van der Waals surface area contributed by atoms with Gasteiger partial charge in [0.25, 0.3) is 5.91 Å². The van der Waals surface area contributed by atoms with E-state index < -0.39 is 6.04 Å². The number of hydrogen-bond donors (Lipinski definition) is 1. The third-order valence-corrected chi connectivity index (χ3v) is 5.21. The summed E-state index contributed by atoms with van der Waals surface area (Å²) in [5.41, 5.74) is 0.650. The molecule has 1 fully saturated rings. The first kappa shape index (κ1) is 15.4. The molecule has 1 unspecified atom stereocenters. The Bertz CT molecular complexity index is 690. The van der Waals surface area contributed by atoms with Crippen molar-refractivity contribution in [2.45, 2.75) is 18.9 Å². The van der Waals surface area contributed by atoms with Gasteiger partial charge in [-0.25, -0.2) is 4.98 Å². The summed E-state index contributed by atoms with van der Waals surface area (Å²) in [5.74, 6) is -0.242. The third-order valence-electron chi connectivity index (χ3n) is 3.58. The number of carbonyl (C=O) groups excluding carboxylic acids is 2. The van der Waals surface area contributed by atoms with E-state index in [4.69, 9.17) is 0 Å². The van der Waals surface area contributed by atoms with E-state index in [2.05, 4.69) is 32.9 Å². The lowest BCUT2D eigenvalue weighted by Gasteiger charge is -2.24. The summed E-state index contributed by atoms with van der Waals surface area (Å²) in [6.45, 7) is 0.611. The van der Waals surface area contributed by atoms with Gasteiger partial charge in [0.05, 0.1) is 5.56 Å². The minimum absolute atomic E-state index is 0.0817.